The first-order valence-corrected chi connectivity index (χ1v) is 11.6. The number of halogens is 2. The van der Waals surface area contributed by atoms with Crippen LogP contribution < -0.4 is 0 Å². The minimum absolute atomic E-state index is 0.260. The van der Waals surface area contributed by atoms with E-state index in [-0.39, 0.29) is 10.8 Å². The van der Waals surface area contributed by atoms with Crippen molar-refractivity contribution in [2.75, 3.05) is 0 Å². The molecule has 1 aromatic rings. The zero-order valence-corrected chi connectivity index (χ0v) is 17.5. The molecule has 0 nitrogen and oxygen atoms in total. The molecule has 150 valence electrons. The summed E-state index contributed by atoms with van der Waals surface area (Å²) in [5.74, 6) is 3.50. The van der Waals surface area contributed by atoms with E-state index in [0.717, 1.165) is 30.1 Å². The second kappa shape index (κ2) is 10.6. The molecule has 2 saturated carbocycles. The molecule has 2 fully saturated rings. The van der Waals surface area contributed by atoms with Crippen LogP contribution in [0.5, 0.6) is 0 Å². The van der Waals surface area contributed by atoms with Gasteiger partial charge in [0, 0.05) is 0 Å². The number of hydrogen-bond donors (Lipinski definition) is 0. The number of benzene rings is 1. The fraction of sp³-hybridized carbons (Fsp3) is 0.680. The molecule has 2 aliphatic carbocycles. The molecular weight excluding hydrogens is 355 g/mol. The number of allylic oxidation sites excluding steroid dienone is 1. The van der Waals surface area contributed by atoms with Crippen molar-refractivity contribution in [3.63, 3.8) is 0 Å². The van der Waals surface area contributed by atoms with Crippen LogP contribution >= 0.6 is 11.6 Å². The fourth-order valence-corrected chi connectivity index (χ4v) is 5.72. The molecule has 0 unspecified atom stereocenters. The summed E-state index contributed by atoms with van der Waals surface area (Å²) in [6.07, 6.45) is 19.8. The Hall–Kier alpha value is -0.820. The largest absolute Gasteiger partial charge is 0.205 e. The highest BCUT2D eigenvalue weighted by Crippen LogP contribution is 2.43. The topological polar surface area (TPSA) is 0 Å². The standard InChI is InChI=1S/C25H36ClF/c1-2-3-4-5-19-8-13-22(14-9-19)23-15-10-20(11-16-23)6-7-21-12-17-25(27)24(26)18-21/h2,12,17-20,22-23H,1,3-11,13-16H2/t19-,20-,22-,23-. The highest BCUT2D eigenvalue weighted by atomic mass is 35.5. The lowest BCUT2D eigenvalue weighted by molar-refractivity contribution is 0.141. The quantitative estimate of drug-likeness (QED) is 0.309. The normalized spacial score (nSPS) is 28.8. The molecule has 0 heterocycles. The molecule has 0 amide bonds. The van der Waals surface area contributed by atoms with Gasteiger partial charge in [0.2, 0.25) is 0 Å². The molecular formula is C25H36ClF. The molecule has 0 N–H and O–H groups in total. The van der Waals surface area contributed by atoms with Crippen molar-refractivity contribution in [2.45, 2.75) is 83.5 Å². The van der Waals surface area contributed by atoms with Crippen molar-refractivity contribution in [3.8, 4) is 0 Å². The van der Waals surface area contributed by atoms with Crippen LogP contribution in [0.3, 0.4) is 0 Å². The van der Waals surface area contributed by atoms with Crippen LogP contribution in [0.15, 0.2) is 30.9 Å². The first-order chi connectivity index (χ1) is 13.2. The van der Waals surface area contributed by atoms with Gasteiger partial charge in [0.05, 0.1) is 5.02 Å². The first-order valence-electron chi connectivity index (χ1n) is 11.2. The van der Waals surface area contributed by atoms with E-state index in [2.05, 4.69) is 12.7 Å². The fourth-order valence-electron chi connectivity index (χ4n) is 5.51. The van der Waals surface area contributed by atoms with Gasteiger partial charge in [0.1, 0.15) is 5.82 Å². The van der Waals surface area contributed by atoms with Crippen molar-refractivity contribution >= 4 is 11.6 Å². The maximum absolute atomic E-state index is 13.3. The van der Waals surface area contributed by atoms with Gasteiger partial charge in [-0.2, -0.15) is 0 Å². The van der Waals surface area contributed by atoms with E-state index in [9.17, 15) is 4.39 Å². The Morgan fingerprint density at radius 3 is 2.07 bits per heavy atom. The maximum atomic E-state index is 13.3. The molecule has 0 bridgehead atoms. The van der Waals surface area contributed by atoms with Crippen molar-refractivity contribution in [2.24, 2.45) is 23.7 Å². The summed E-state index contributed by atoms with van der Waals surface area (Å²) in [7, 11) is 0. The van der Waals surface area contributed by atoms with Gasteiger partial charge in [0.25, 0.3) is 0 Å². The van der Waals surface area contributed by atoms with Gasteiger partial charge in [-0.25, -0.2) is 4.39 Å². The minimum atomic E-state index is -0.309. The third kappa shape index (κ3) is 6.34. The van der Waals surface area contributed by atoms with E-state index in [4.69, 9.17) is 11.6 Å². The van der Waals surface area contributed by atoms with Crippen molar-refractivity contribution < 1.29 is 4.39 Å². The number of rotatable bonds is 8. The van der Waals surface area contributed by atoms with Crippen molar-refractivity contribution in [3.05, 3.63) is 47.3 Å². The molecule has 27 heavy (non-hydrogen) atoms. The number of hydrogen-bond acceptors (Lipinski definition) is 0. The zero-order valence-electron chi connectivity index (χ0n) is 16.8. The Balaban J connectivity index is 1.34. The van der Waals surface area contributed by atoms with Gasteiger partial charge in [-0.15, -0.1) is 6.58 Å². The predicted molar refractivity (Wildman–Crippen MR) is 115 cm³/mol. The van der Waals surface area contributed by atoms with Crippen molar-refractivity contribution in [1.29, 1.82) is 0 Å². The average molecular weight is 391 g/mol. The van der Waals surface area contributed by atoms with Crippen LogP contribution in [-0.2, 0) is 6.42 Å². The second-order valence-electron chi connectivity index (χ2n) is 9.07. The van der Waals surface area contributed by atoms with Gasteiger partial charge < -0.3 is 0 Å². The Morgan fingerprint density at radius 2 is 1.52 bits per heavy atom. The number of unbranched alkanes of at least 4 members (excludes halogenated alkanes) is 1. The highest BCUT2D eigenvalue weighted by Gasteiger charge is 2.30. The summed E-state index contributed by atoms with van der Waals surface area (Å²) in [6, 6.07) is 5.19. The van der Waals surface area contributed by atoms with Crippen LogP contribution in [0.1, 0.15) is 82.6 Å². The molecule has 0 radical (unpaired) electrons. The van der Waals surface area contributed by atoms with E-state index in [1.54, 1.807) is 6.07 Å². The molecule has 0 spiro atoms. The van der Waals surface area contributed by atoms with Gasteiger partial charge in [-0.3, -0.25) is 0 Å². The summed E-state index contributed by atoms with van der Waals surface area (Å²) < 4.78 is 13.3. The predicted octanol–water partition coefficient (Wildman–Crippen LogP) is 8.38. The first kappa shape index (κ1) is 20.9. The smallest absolute Gasteiger partial charge is 0.141 e. The van der Waals surface area contributed by atoms with Gasteiger partial charge >= 0.3 is 0 Å². The molecule has 0 aliphatic heterocycles. The third-order valence-corrected chi connectivity index (χ3v) is 7.59. The molecule has 0 saturated heterocycles. The average Bonchev–Trinajstić information content (AvgIpc) is 2.70. The minimum Gasteiger partial charge on any atom is -0.205 e. The Labute approximate surface area is 170 Å². The molecule has 0 atom stereocenters. The van der Waals surface area contributed by atoms with Gasteiger partial charge in [-0.1, -0.05) is 55.8 Å². The summed E-state index contributed by atoms with van der Waals surface area (Å²) in [5, 5.41) is 0.260. The van der Waals surface area contributed by atoms with E-state index >= 15 is 0 Å². The molecule has 1 aromatic carbocycles. The van der Waals surface area contributed by atoms with E-state index in [1.807, 2.05) is 6.07 Å². The van der Waals surface area contributed by atoms with Gasteiger partial charge in [0.15, 0.2) is 0 Å². The lowest BCUT2D eigenvalue weighted by Crippen LogP contribution is -2.26. The summed E-state index contributed by atoms with van der Waals surface area (Å²) in [4.78, 5) is 0. The second-order valence-corrected chi connectivity index (χ2v) is 9.48. The summed E-state index contributed by atoms with van der Waals surface area (Å²) >= 11 is 5.91. The van der Waals surface area contributed by atoms with Crippen LogP contribution in [0, 0.1) is 29.5 Å². The Morgan fingerprint density at radius 1 is 0.926 bits per heavy atom. The van der Waals surface area contributed by atoms with Crippen LogP contribution in [0.4, 0.5) is 4.39 Å². The lowest BCUT2D eigenvalue weighted by atomic mass is 9.68. The third-order valence-electron chi connectivity index (χ3n) is 7.30. The Bertz CT molecular complexity index is 580. The van der Waals surface area contributed by atoms with Crippen LogP contribution in [0.2, 0.25) is 5.02 Å². The van der Waals surface area contributed by atoms with Gasteiger partial charge in [-0.05, 0) is 92.7 Å². The lowest BCUT2D eigenvalue weighted by Gasteiger charge is -2.38. The van der Waals surface area contributed by atoms with Crippen molar-refractivity contribution in [1.82, 2.24) is 0 Å². The number of aryl methyl sites for hydroxylation is 1. The van der Waals surface area contributed by atoms with E-state index in [0.29, 0.717) is 0 Å². The maximum Gasteiger partial charge on any atom is 0.141 e. The molecule has 3 rings (SSSR count). The summed E-state index contributed by atoms with van der Waals surface area (Å²) in [6.45, 7) is 3.84. The Kier molecular flexibility index (Phi) is 8.24. The SMILES string of the molecule is C=CCCC[C@H]1CC[C@H]([C@H]2CC[C@H](CCc3ccc(F)c(Cl)c3)CC2)CC1. The molecule has 0 aromatic heterocycles. The van der Waals surface area contributed by atoms with E-state index < -0.39 is 0 Å². The molecule has 2 aliphatic rings. The molecule has 2 heteroatoms. The zero-order chi connectivity index (χ0) is 19.1. The summed E-state index contributed by atoms with van der Waals surface area (Å²) in [5.41, 5.74) is 1.18. The van der Waals surface area contributed by atoms with E-state index in [1.165, 1.54) is 88.7 Å². The highest BCUT2D eigenvalue weighted by molar-refractivity contribution is 6.30. The monoisotopic (exact) mass is 390 g/mol. The van der Waals surface area contributed by atoms with Crippen LogP contribution in [-0.4, -0.2) is 0 Å². The van der Waals surface area contributed by atoms with Crippen LogP contribution in [0.25, 0.3) is 0 Å².